The van der Waals surface area contributed by atoms with Gasteiger partial charge in [-0.05, 0) is 18.9 Å². The molecule has 1 N–H and O–H groups in total. The molecule has 0 radical (unpaired) electrons. The fourth-order valence-corrected chi connectivity index (χ4v) is 1.61. The first-order chi connectivity index (χ1) is 4.38. The number of ether oxygens (including phenoxy) is 1. The Morgan fingerprint density at radius 2 is 2.33 bits per heavy atom. The number of aliphatic hydroxyl groups excluding tert-OH is 1. The number of hydrogen-bond donors (Lipinski definition) is 1. The highest BCUT2D eigenvalue weighted by molar-refractivity contribution is 5.02. The third-order valence-corrected chi connectivity index (χ3v) is 2.16. The van der Waals surface area contributed by atoms with E-state index < -0.39 is 0 Å². The van der Waals surface area contributed by atoms with Gasteiger partial charge in [-0.25, -0.2) is 0 Å². The monoisotopic (exact) mass is 126 g/mol. The van der Waals surface area contributed by atoms with E-state index in [0.29, 0.717) is 5.92 Å². The summed E-state index contributed by atoms with van der Waals surface area (Å²) in [6, 6.07) is 0. The van der Waals surface area contributed by atoms with Crippen molar-refractivity contribution in [1.29, 1.82) is 0 Å². The van der Waals surface area contributed by atoms with Crippen molar-refractivity contribution in [2.45, 2.75) is 25.0 Å². The van der Waals surface area contributed by atoms with Crippen LogP contribution in [-0.2, 0) is 4.74 Å². The summed E-state index contributed by atoms with van der Waals surface area (Å²) in [4.78, 5) is 0. The minimum Gasteiger partial charge on any atom is -0.495 e. The predicted octanol–water partition coefficient (Wildman–Crippen LogP) is 0.670. The maximum atomic E-state index is 9.23. The Morgan fingerprint density at radius 3 is 3.11 bits per heavy atom. The lowest BCUT2D eigenvalue weighted by atomic mass is 10.1. The van der Waals surface area contributed by atoms with Crippen LogP contribution in [0.4, 0.5) is 0 Å². The van der Waals surface area contributed by atoms with Crippen LogP contribution in [-0.4, -0.2) is 17.3 Å². The van der Waals surface area contributed by atoms with Crippen LogP contribution in [0.1, 0.15) is 12.8 Å². The summed E-state index contributed by atoms with van der Waals surface area (Å²) >= 11 is 0. The Morgan fingerprint density at radius 1 is 1.44 bits per heavy atom. The van der Waals surface area contributed by atoms with Crippen molar-refractivity contribution in [2.75, 3.05) is 0 Å². The number of rotatable bonds is 0. The molecule has 0 spiro atoms. The summed E-state index contributed by atoms with van der Waals surface area (Å²) in [5.41, 5.74) is 0. The number of hydrogen-bond acceptors (Lipinski definition) is 2. The molecule has 0 bridgehead atoms. The average Bonchev–Trinajstić information content (AvgIpc) is 2.35. The third kappa shape index (κ3) is 0.663. The van der Waals surface area contributed by atoms with Crippen molar-refractivity contribution in [3.8, 4) is 0 Å². The second kappa shape index (κ2) is 1.74. The summed E-state index contributed by atoms with van der Waals surface area (Å²) in [7, 11) is 0. The molecule has 1 aliphatic heterocycles. The highest BCUT2D eigenvalue weighted by atomic mass is 16.5. The van der Waals surface area contributed by atoms with Gasteiger partial charge in [0.2, 0.25) is 0 Å². The summed E-state index contributed by atoms with van der Waals surface area (Å²) in [5.74, 6) is 0.500. The lowest BCUT2D eigenvalue weighted by Gasteiger charge is -2.11. The second-order valence-corrected chi connectivity index (χ2v) is 2.74. The zero-order valence-electron chi connectivity index (χ0n) is 5.16. The first kappa shape index (κ1) is 5.30. The molecule has 1 fully saturated rings. The van der Waals surface area contributed by atoms with Gasteiger partial charge >= 0.3 is 0 Å². The molecule has 0 aromatic rings. The molecule has 1 saturated carbocycles. The van der Waals surface area contributed by atoms with Crippen molar-refractivity contribution < 1.29 is 9.84 Å². The second-order valence-electron chi connectivity index (χ2n) is 2.74. The summed E-state index contributed by atoms with van der Waals surface area (Å²) in [6.45, 7) is 0. The Kier molecular flexibility index (Phi) is 1.02. The van der Waals surface area contributed by atoms with E-state index in [2.05, 4.69) is 0 Å². The molecule has 2 heteroatoms. The summed E-state index contributed by atoms with van der Waals surface area (Å²) in [6.07, 6.45) is 5.61. The SMILES string of the molecule is OC1CC[C@@H]2C=COC12. The van der Waals surface area contributed by atoms with Crippen LogP contribution < -0.4 is 0 Å². The van der Waals surface area contributed by atoms with Gasteiger partial charge in [0.25, 0.3) is 0 Å². The van der Waals surface area contributed by atoms with Crippen LogP contribution in [0.25, 0.3) is 0 Å². The molecule has 50 valence electrons. The smallest absolute Gasteiger partial charge is 0.130 e. The van der Waals surface area contributed by atoms with Gasteiger partial charge in [-0.3, -0.25) is 0 Å². The average molecular weight is 126 g/mol. The first-order valence-corrected chi connectivity index (χ1v) is 3.38. The zero-order chi connectivity index (χ0) is 6.27. The van der Waals surface area contributed by atoms with E-state index in [1.807, 2.05) is 6.08 Å². The molecular weight excluding hydrogens is 116 g/mol. The number of fused-ring (bicyclic) bond motifs is 1. The normalized spacial score (nSPS) is 47.0. The van der Waals surface area contributed by atoms with Gasteiger partial charge in [0.05, 0.1) is 12.4 Å². The van der Waals surface area contributed by atoms with Crippen LogP contribution in [0.5, 0.6) is 0 Å². The number of aliphatic hydroxyl groups is 1. The minimum absolute atomic E-state index is 0.0880. The third-order valence-electron chi connectivity index (χ3n) is 2.16. The molecule has 0 saturated heterocycles. The lowest BCUT2D eigenvalue weighted by molar-refractivity contribution is 0.0323. The molecule has 9 heavy (non-hydrogen) atoms. The Hall–Kier alpha value is -0.500. The van der Waals surface area contributed by atoms with Crippen LogP contribution in [0.3, 0.4) is 0 Å². The standard InChI is InChI=1S/C7H10O2/c8-6-2-1-5-3-4-9-7(5)6/h3-8H,1-2H2/t5-,6?,7?/m1/s1. The molecule has 0 aromatic carbocycles. The van der Waals surface area contributed by atoms with Gasteiger partial charge in [-0.1, -0.05) is 0 Å². The van der Waals surface area contributed by atoms with Crippen molar-refractivity contribution in [3.05, 3.63) is 12.3 Å². The van der Waals surface area contributed by atoms with E-state index >= 15 is 0 Å². The van der Waals surface area contributed by atoms with Gasteiger partial charge in [-0.2, -0.15) is 0 Å². The van der Waals surface area contributed by atoms with Crippen molar-refractivity contribution in [2.24, 2.45) is 5.92 Å². The van der Waals surface area contributed by atoms with Gasteiger partial charge in [0.1, 0.15) is 6.10 Å². The lowest BCUT2D eigenvalue weighted by Crippen LogP contribution is -2.22. The maximum absolute atomic E-state index is 9.23. The van der Waals surface area contributed by atoms with E-state index in [1.165, 1.54) is 0 Å². The van der Waals surface area contributed by atoms with Gasteiger partial charge < -0.3 is 9.84 Å². The molecule has 1 aliphatic carbocycles. The molecule has 0 amide bonds. The van der Waals surface area contributed by atoms with E-state index in [1.54, 1.807) is 6.26 Å². The van der Waals surface area contributed by atoms with Crippen LogP contribution in [0.2, 0.25) is 0 Å². The van der Waals surface area contributed by atoms with Crippen molar-refractivity contribution >= 4 is 0 Å². The van der Waals surface area contributed by atoms with Gasteiger partial charge in [-0.15, -0.1) is 0 Å². The zero-order valence-corrected chi connectivity index (χ0v) is 5.16. The van der Waals surface area contributed by atoms with Crippen LogP contribution >= 0.6 is 0 Å². The van der Waals surface area contributed by atoms with Crippen molar-refractivity contribution in [1.82, 2.24) is 0 Å². The molecule has 0 aromatic heterocycles. The molecule has 2 aliphatic rings. The molecule has 2 rings (SSSR count). The van der Waals surface area contributed by atoms with Gasteiger partial charge in [0, 0.05) is 5.92 Å². The van der Waals surface area contributed by atoms with E-state index in [9.17, 15) is 5.11 Å². The highest BCUT2D eigenvalue weighted by Gasteiger charge is 2.37. The van der Waals surface area contributed by atoms with E-state index in [4.69, 9.17) is 4.74 Å². The minimum atomic E-state index is -0.218. The Labute approximate surface area is 54.1 Å². The van der Waals surface area contributed by atoms with Crippen LogP contribution in [0, 0.1) is 5.92 Å². The summed E-state index contributed by atoms with van der Waals surface area (Å²) in [5, 5.41) is 9.23. The molecular formula is C7H10O2. The Bertz CT molecular complexity index is 142. The molecule has 2 unspecified atom stereocenters. The summed E-state index contributed by atoms with van der Waals surface area (Å²) < 4.78 is 5.16. The molecule has 2 nitrogen and oxygen atoms in total. The quantitative estimate of drug-likeness (QED) is 0.517. The Balaban J connectivity index is 2.13. The highest BCUT2D eigenvalue weighted by Crippen LogP contribution is 2.33. The first-order valence-electron chi connectivity index (χ1n) is 3.38. The van der Waals surface area contributed by atoms with Crippen LogP contribution in [0.15, 0.2) is 12.3 Å². The molecule has 3 atom stereocenters. The fraction of sp³-hybridized carbons (Fsp3) is 0.714. The maximum Gasteiger partial charge on any atom is 0.130 e. The predicted molar refractivity (Wildman–Crippen MR) is 32.7 cm³/mol. The fourth-order valence-electron chi connectivity index (χ4n) is 1.61. The molecule has 1 heterocycles. The van der Waals surface area contributed by atoms with E-state index in [0.717, 1.165) is 12.8 Å². The van der Waals surface area contributed by atoms with Crippen molar-refractivity contribution in [3.63, 3.8) is 0 Å². The largest absolute Gasteiger partial charge is 0.495 e. The topological polar surface area (TPSA) is 29.5 Å². The van der Waals surface area contributed by atoms with E-state index in [-0.39, 0.29) is 12.2 Å². The van der Waals surface area contributed by atoms with Gasteiger partial charge in [0.15, 0.2) is 0 Å².